The Hall–Kier alpha value is -7.10. The van der Waals surface area contributed by atoms with Crippen LogP contribution in [0.2, 0.25) is 0 Å². The molecule has 0 N–H and O–H groups in total. The highest BCUT2D eigenvalue weighted by atomic mass is 16.3. The van der Waals surface area contributed by atoms with Crippen molar-refractivity contribution in [3.05, 3.63) is 183 Å². The van der Waals surface area contributed by atoms with Gasteiger partial charge in [-0.15, -0.1) is 0 Å². The van der Waals surface area contributed by atoms with Gasteiger partial charge in [0.2, 0.25) is 0 Å². The predicted molar refractivity (Wildman–Crippen MR) is 221 cm³/mol. The molecular weight excluding hydrogens is 645 g/mol. The molecule has 0 atom stereocenters. The SMILES string of the molecule is c1cncc(-c2c3ccccc3c(-c3ccc4c(c3)oc3cccc(-c5c6ccccc6c(-c6cccnc6)c6ccccc56)c34)c3ccccc23)c1. The van der Waals surface area contributed by atoms with Gasteiger partial charge in [-0.1, -0.05) is 127 Å². The van der Waals surface area contributed by atoms with E-state index in [1.165, 1.54) is 65.3 Å². The summed E-state index contributed by atoms with van der Waals surface area (Å²) in [5, 5.41) is 11.9. The topological polar surface area (TPSA) is 38.9 Å². The second-order valence-corrected chi connectivity index (χ2v) is 13.7. The summed E-state index contributed by atoms with van der Waals surface area (Å²) >= 11 is 0. The van der Waals surface area contributed by atoms with E-state index >= 15 is 0 Å². The lowest BCUT2D eigenvalue weighted by atomic mass is 9.85. The standard InChI is InChI=1S/C50H30N2O/c1-3-16-36-34(14-1)46(35-15-2-4-17-37(35)47(36)32-12-10-26-51-29-32)31-24-25-42-45(28-31)53-44-23-9-22-43(50(42)44)49-40-20-7-5-18-38(40)48(33-13-11-27-52-30-33)39-19-6-8-21-41(39)49/h1-30H. The Morgan fingerprint density at radius 1 is 0.321 bits per heavy atom. The number of pyridine rings is 2. The van der Waals surface area contributed by atoms with Gasteiger partial charge in [-0.05, 0) is 107 Å². The molecule has 0 aliphatic carbocycles. The predicted octanol–water partition coefficient (Wildman–Crippen LogP) is 13.7. The van der Waals surface area contributed by atoms with Crippen molar-refractivity contribution >= 4 is 65.0 Å². The third-order valence-corrected chi connectivity index (χ3v) is 10.8. The van der Waals surface area contributed by atoms with Crippen LogP contribution in [0.25, 0.3) is 110 Å². The number of hydrogen-bond acceptors (Lipinski definition) is 3. The molecule has 0 aliphatic heterocycles. The van der Waals surface area contributed by atoms with E-state index in [1.807, 2.05) is 36.9 Å². The molecular formula is C50H30N2O. The molecule has 0 unspecified atom stereocenters. The van der Waals surface area contributed by atoms with Crippen molar-refractivity contribution in [3.63, 3.8) is 0 Å². The molecule has 3 aromatic heterocycles. The summed E-state index contributed by atoms with van der Waals surface area (Å²) in [7, 11) is 0. The second-order valence-electron chi connectivity index (χ2n) is 13.7. The van der Waals surface area contributed by atoms with Crippen LogP contribution in [0.3, 0.4) is 0 Å². The van der Waals surface area contributed by atoms with Gasteiger partial charge in [0.25, 0.3) is 0 Å². The summed E-state index contributed by atoms with van der Waals surface area (Å²) in [4.78, 5) is 8.96. The number of nitrogens with zero attached hydrogens (tertiary/aromatic N) is 2. The number of aromatic nitrogens is 2. The van der Waals surface area contributed by atoms with Crippen LogP contribution in [0, 0.1) is 0 Å². The number of rotatable bonds is 4. The summed E-state index contributed by atoms with van der Waals surface area (Å²) < 4.78 is 6.79. The summed E-state index contributed by atoms with van der Waals surface area (Å²) in [6.45, 7) is 0. The minimum atomic E-state index is 0.870. The lowest BCUT2D eigenvalue weighted by Crippen LogP contribution is -1.91. The van der Waals surface area contributed by atoms with Gasteiger partial charge in [-0.3, -0.25) is 9.97 Å². The lowest BCUT2D eigenvalue weighted by Gasteiger charge is -2.18. The number of fused-ring (bicyclic) bond motifs is 7. The van der Waals surface area contributed by atoms with Crippen LogP contribution in [0.15, 0.2) is 187 Å². The van der Waals surface area contributed by atoms with Gasteiger partial charge in [0.05, 0.1) is 0 Å². The Labute approximate surface area is 305 Å². The van der Waals surface area contributed by atoms with E-state index in [0.717, 1.165) is 44.2 Å². The van der Waals surface area contributed by atoms with Gasteiger partial charge < -0.3 is 4.42 Å². The minimum absolute atomic E-state index is 0.870. The molecule has 0 spiro atoms. The fraction of sp³-hybridized carbons (Fsp3) is 0. The van der Waals surface area contributed by atoms with Crippen LogP contribution in [-0.2, 0) is 0 Å². The van der Waals surface area contributed by atoms with Crippen molar-refractivity contribution < 1.29 is 4.42 Å². The average Bonchev–Trinajstić information content (AvgIpc) is 3.61. The van der Waals surface area contributed by atoms with Crippen LogP contribution in [-0.4, -0.2) is 9.97 Å². The van der Waals surface area contributed by atoms with E-state index in [-0.39, 0.29) is 0 Å². The lowest BCUT2D eigenvalue weighted by molar-refractivity contribution is 0.669. The zero-order chi connectivity index (χ0) is 34.9. The van der Waals surface area contributed by atoms with E-state index in [1.54, 1.807) is 0 Å². The Morgan fingerprint density at radius 3 is 1.23 bits per heavy atom. The Balaban J connectivity index is 1.18. The van der Waals surface area contributed by atoms with Gasteiger partial charge >= 0.3 is 0 Å². The van der Waals surface area contributed by atoms with Crippen molar-refractivity contribution in [2.45, 2.75) is 0 Å². The monoisotopic (exact) mass is 674 g/mol. The van der Waals surface area contributed by atoms with Gasteiger partial charge in [0.15, 0.2) is 0 Å². The van der Waals surface area contributed by atoms with Crippen LogP contribution < -0.4 is 0 Å². The molecule has 11 rings (SSSR count). The van der Waals surface area contributed by atoms with E-state index in [9.17, 15) is 0 Å². The first-order valence-corrected chi connectivity index (χ1v) is 18.0. The zero-order valence-electron chi connectivity index (χ0n) is 28.6. The van der Waals surface area contributed by atoms with Crippen LogP contribution >= 0.6 is 0 Å². The normalized spacial score (nSPS) is 11.8. The molecule has 0 radical (unpaired) electrons. The number of benzene rings is 8. The molecule has 0 bridgehead atoms. The Kier molecular flexibility index (Phi) is 6.55. The number of hydrogen-bond donors (Lipinski definition) is 0. The minimum Gasteiger partial charge on any atom is -0.456 e. The molecule has 8 aromatic carbocycles. The first kappa shape index (κ1) is 29.6. The molecule has 0 fully saturated rings. The van der Waals surface area contributed by atoms with E-state index in [0.29, 0.717) is 0 Å². The molecule has 3 nitrogen and oxygen atoms in total. The molecule has 0 saturated carbocycles. The first-order valence-electron chi connectivity index (χ1n) is 18.0. The van der Waals surface area contributed by atoms with Gasteiger partial charge in [0, 0.05) is 46.7 Å². The number of furan rings is 1. The maximum atomic E-state index is 6.79. The van der Waals surface area contributed by atoms with Crippen LogP contribution in [0.1, 0.15) is 0 Å². The summed E-state index contributed by atoms with van der Waals surface area (Å²) in [5.74, 6) is 0. The van der Waals surface area contributed by atoms with E-state index in [4.69, 9.17) is 4.42 Å². The van der Waals surface area contributed by atoms with E-state index < -0.39 is 0 Å². The van der Waals surface area contributed by atoms with Crippen molar-refractivity contribution in [2.75, 3.05) is 0 Å². The third-order valence-electron chi connectivity index (χ3n) is 10.8. The molecule has 53 heavy (non-hydrogen) atoms. The quantitative estimate of drug-likeness (QED) is 0.174. The highest BCUT2D eigenvalue weighted by Gasteiger charge is 2.22. The van der Waals surface area contributed by atoms with Crippen molar-refractivity contribution in [1.29, 1.82) is 0 Å². The fourth-order valence-corrected chi connectivity index (χ4v) is 8.69. The van der Waals surface area contributed by atoms with Gasteiger partial charge in [0.1, 0.15) is 11.2 Å². The molecule has 11 aromatic rings. The molecule has 0 saturated heterocycles. The largest absolute Gasteiger partial charge is 0.456 e. The first-order chi connectivity index (χ1) is 26.3. The molecule has 246 valence electrons. The summed E-state index contributed by atoms with van der Waals surface area (Å²) in [5.41, 5.74) is 11.1. The van der Waals surface area contributed by atoms with Crippen molar-refractivity contribution in [1.82, 2.24) is 9.97 Å². The highest BCUT2D eigenvalue weighted by molar-refractivity contribution is 6.26. The Morgan fingerprint density at radius 2 is 0.774 bits per heavy atom. The van der Waals surface area contributed by atoms with Crippen LogP contribution in [0.5, 0.6) is 0 Å². The Bertz CT molecular complexity index is 3100. The van der Waals surface area contributed by atoms with Gasteiger partial charge in [-0.2, -0.15) is 0 Å². The fourth-order valence-electron chi connectivity index (χ4n) is 8.69. The summed E-state index contributed by atoms with van der Waals surface area (Å²) in [6, 6.07) is 56.5. The second kappa shape index (κ2) is 11.7. The average molecular weight is 675 g/mol. The smallest absolute Gasteiger partial charge is 0.136 e. The van der Waals surface area contributed by atoms with Crippen molar-refractivity contribution in [3.8, 4) is 44.5 Å². The zero-order valence-corrected chi connectivity index (χ0v) is 28.6. The molecule has 3 heteroatoms. The molecule has 0 aliphatic rings. The highest BCUT2D eigenvalue weighted by Crippen LogP contribution is 2.48. The van der Waals surface area contributed by atoms with Gasteiger partial charge in [-0.25, -0.2) is 0 Å². The maximum Gasteiger partial charge on any atom is 0.136 e. The maximum absolute atomic E-state index is 6.79. The van der Waals surface area contributed by atoms with Crippen LogP contribution in [0.4, 0.5) is 0 Å². The molecule has 3 heterocycles. The van der Waals surface area contributed by atoms with Crippen molar-refractivity contribution in [2.24, 2.45) is 0 Å². The molecule has 0 amide bonds. The third kappa shape index (κ3) is 4.47. The summed E-state index contributed by atoms with van der Waals surface area (Å²) in [6.07, 6.45) is 7.60. The van der Waals surface area contributed by atoms with E-state index in [2.05, 4.69) is 156 Å².